The van der Waals surface area contributed by atoms with Gasteiger partial charge in [0.15, 0.2) is 0 Å². The molecule has 36 heavy (non-hydrogen) atoms. The lowest BCUT2D eigenvalue weighted by Gasteiger charge is -2.32. The number of hydrogen-bond donors (Lipinski definition) is 1. The number of amides is 4. The summed E-state index contributed by atoms with van der Waals surface area (Å²) in [7, 11) is 10.4. The second-order valence-corrected chi connectivity index (χ2v) is 10.1. The van der Waals surface area contributed by atoms with Crippen LogP contribution in [0.3, 0.4) is 0 Å². The second-order valence-electron chi connectivity index (χ2n) is 10.1. The van der Waals surface area contributed by atoms with Gasteiger partial charge in [-0.3, -0.25) is 38.8 Å². The predicted octanol–water partition coefficient (Wildman–Crippen LogP) is -2.26. The predicted molar refractivity (Wildman–Crippen MR) is 140 cm³/mol. The summed E-state index contributed by atoms with van der Waals surface area (Å²) in [6.07, 6.45) is 1.73. The number of rotatable bonds is 8. The van der Waals surface area contributed by atoms with Crippen molar-refractivity contribution in [3.8, 4) is 0 Å². The Morgan fingerprint density at radius 1 is 0.500 bits per heavy atom. The maximum Gasteiger partial charge on any atom is 0.236 e. The lowest BCUT2D eigenvalue weighted by Crippen LogP contribution is -2.48. The van der Waals surface area contributed by atoms with Crippen LogP contribution >= 0.6 is 0 Å². The van der Waals surface area contributed by atoms with E-state index in [-0.39, 0.29) is 43.3 Å². The van der Waals surface area contributed by atoms with E-state index in [1.165, 1.54) is 0 Å². The topological polar surface area (TPSA) is 117 Å². The van der Waals surface area contributed by atoms with Gasteiger partial charge in [-0.25, -0.2) is 0 Å². The molecule has 1 fully saturated rings. The van der Waals surface area contributed by atoms with Gasteiger partial charge < -0.3 is 20.4 Å². The van der Waals surface area contributed by atoms with Crippen LogP contribution in [0.4, 0.5) is 0 Å². The van der Waals surface area contributed by atoms with Crippen molar-refractivity contribution in [2.75, 3.05) is 121 Å². The van der Waals surface area contributed by atoms with E-state index in [4.69, 9.17) is 5.73 Å². The minimum atomic E-state index is -0.376. The Balaban J connectivity index is 3.09. The van der Waals surface area contributed by atoms with Crippen molar-refractivity contribution in [1.29, 1.82) is 0 Å². The first-order valence-corrected chi connectivity index (χ1v) is 12.7. The van der Waals surface area contributed by atoms with Gasteiger partial charge in [-0.05, 0) is 25.9 Å². The Morgan fingerprint density at radius 2 is 0.750 bits per heavy atom. The van der Waals surface area contributed by atoms with Gasteiger partial charge in [0, 0.05) is 81.6 Å². The second kappa shape index (κ2) is 16.5. The van der Waals surface area contributed by atoms with Gasteiger partial charge in [-0.15, -0.1) is 0 Å². The summed E-state index contributed by atoms with van der Waals surface area (Å²) in [5.41, 5.74) is 5.49. The quantitative estimate of drug-likeness (QED) is 0.387. The van der Waals surface area contributed by atoms with Gasteiger partial charge in [-0.1, -0.05) is 0 Å². The zero-order chi connectivity index (χ0) is 27.3. The number of carbonyl (C=O) groups is 4. The van der Waals surface area contributed by atoms with Crippen LogP contribution in [0, 0.1) is 0 Å². The number of likely N-dealkylation sites (N-methyl/N-ethyl adjacent to an activating group) is 3. The fraction of sp³-hybridized carbons (Fsp3) is 0.833. The zero-order valence-electron chi connectivity index (χ0n) is 23.2. The Bertz CT molecular complexity index is 716. The van der Waals surface area contributed by atoms with Crippen molar-refractivity contribution in [2.24, 2.45) is 5.73 Å². The van der Waals surface area contributed by atoms with Crippen molar-refractivity contribution < 1.29 is 19.2 Å². The van der Waals surface area contributed by atoms with Gasteiger partial charge in [0.1, 0.15) is 0 Å². The third kappa shape index (κ3) is 13.1. The minimum Gasteiger partial charge on any atom is -0.369 e. The van der Waals surface area contributed by atoms with Gasteiger partial charge >= 0.3 is 0 Å². The number of hydrogen-bond acceptors (Lipinski definition) is 8. The average Bonchev–Trinajstić information content (AvgIpc) is 2.79. The van der Waals surface area contributed by atoms with Crippen LogP contribution in [0.2, 0.25) is 0 Å². The highest BCUT2D eigenvalue weighted by atomic mass is 16.2. The van der Waals surface area contributed by atoms with Crippen LogP contribution in [0.15, 0.2) is 0 Å². The first-order chi connectivity index (χ1) is 16.9. The highest BCUT2D eigenvalue weighted by Gasteiger charge is 2.20. The molecular weight excluding hydrogens is 464 g/mol. The van der Waals surface area contributed by atoms with Crippen molar-refractivity contribution in [3.05, 3.63) is 0 Å². The highest BCUT2D eigenvalue weighted by Crippen LogP contribution is 2.04. The molecule has 2 N–H and O–H groups in total. The summed E-state index contributed by atoms with van der Waals surface area (Å²) in [5.74, 6) is -0.327. The van der Waals surface area contributed by atoms with Crippen molar-refractivity contribution in [3.63, 3.8) is 0 Å². The van der Waals surface area contributed by atoms with E-state index >= 15 is 0 Å². The zero-order valence-corrected chi connectivity index (χ0v) is 23.2. The molecule has 0 aromatic rings. The minimum absolute atomic E-state index is 0.00172. The maximum absolute atomic E-state index is 12.5. The number of primary amides is 1. The van der Waals surface area contributed by atoms with Crippen LogP contribution in [-0.4, -0.2) is 179 Å². The van der Waals surface area contributed by atoms with E-state index in [0.717, 1.165) is 25.9 Å². The Morgan fingerprint density at radius 3 is 1.00 bits per heavy atom. The molecule has 1 rings (SSSR count). The first-order valence-electron chi connectivity index (χ1n) is 12.7. The molecule has 1 aliphatic rings. The molecule has 0 saturated carbocycles. The maximum atomic E-state index is 12.5. The lowest BCUT2D eigenvalue weighted by molar-refractivity contribution is -0.132. The molecule has 0 radical (unpaired) electrons. The molecule has 12 heteroatoms. The van der Waals surface area contributed by atoms with E-state index in [2.05, 4.69) is 14.7 Å². The molecule has 0 aromatic heterocycles. The molecular formula is C24H48N8O4. The molecule has 0 spiro atoms. The number of carbonyl (C=O) groups excluding carboxylic acids is 4. The summed E-state index contributed by atoms with van der Waals surface area (Å²) < 4.78 is 0. The highest BCUT2D eigenvalue weighted by molar-refractivity contribution is 5.78. The molecule has 0 aromatic carbocycles. The Kier molecular flexibility index (Phi) is 14.5. The van der Waals surface area contributed by atoms with E-state index in [1.54, 1.807) is 57.0 Å². The molecule has 0 unspecified atom stereocenters. The van der Waals surface area contributed by atoms with Crippen LogP contribution < -0.4 is 5.73 Å². The fourth-order valence-electron chi connectivity index (χ4n) is 3.82. The van der Waals surface area contributed by atoms with E-state index in [1.807, 2.05) is 4.90 Å². The van der Waals surface area contributed by atoms with Gasteiger partial charge in [0.25, 0.3) is 0 Å². The van der Waals surface area contributed by atoms with Crippen LogP contribution in [-0.2, 0) is 19.2 Å². The monoisotopic (exact) mass is 512 g/mol. The van der Waals surface area contributed by atoms with Crippen molar-refractivity contribution >= 4 is 23.6 Å². The summed E-state index contributed by atoms with van der Waals surface area (Å²) in [5, 5.41) is 0. The van der Waals surface area contributed by atoms with Gasteiger partial charge in [-0.2, -0.15) is 0 Å². The van der Waals surface area contributed by atoms with Crippen molar-refractivity contribution in [1.82, 2.24) is 34.3 Å². The number of nitrogens with two attached hydrogens (primary N) is 1. The normalized spacial score (nSPS) is 18.3. The summed E-state index contributed by atoms with van der Waals surface area (Å²) in [6, 6.07) is 0. The Labute approximate surface area is 216 Å². The molecule has 4 amide bonds. The number of nitrogens with zero attached hydrogens (tertiary/aromatic N) is 7. The first kappa shape index (κ1) is 31.7. The molecule has 0 aliphatic carbocycles. The molecule has 0 atom stereocenters. The molecule has 1 aliphatic heterocycles. The summed E-state index contributed by atoms with van der Waals surface area (Å²) in [6.45, 7) is 6.22. The molecule has 0 bridgehead atoms. The third-order valence-electron chi connectivity index (χ3n) is 6.35. The lowest BCUT2D eigenvalue weighted by atomic mass is 10.2. The fourth-order valence-corrected chi connectivity index (χ4v) is 3.82. The van der Waals surface area contributed by atoms with Crippen LogP contribution in [0.1, 0.15) is 12.8 Å². The largest absolute Gasteiger partial charge is 0.369 e. The Hall–Kier alpha value is -2.28. The standard InChI is InChI=1S/C24H48N8O4/c1-26(2)22(34)18-30-10-8-7-9-29(17-21(25)33)11-13-31(19-23(35)27(3)4)15-16-32(14-12-30)20-24(36)28(5)6/h7-20H2,1-6H3,(H2,25,33). The van der Waals surface area contributed by atoms with E-state index < -0.39 is 0 Å². The third-order valence-corrected chi connectivity index (χ3v) is 6.35. The van der Waals surface area contributed by atoms with Crippen LogP contribution in [0.5, 0.6) is 0 Å². The molecule has 1 saturated heterocycles. The van der Waals surface area contributed by atoms with Gasteiger partial charge in [0.05, 0.1) is 26.2 Å². The van der Waals surface area contributed by atoms with Crippen molar-refractivity contribution in [2.45, 2.75) is 12.8 Å². The SMILES string of the molecule is CN(C)C(=O)CN1CCCCN(CC(N)=O)CCN(CC(=O)N(C)C)CCN(CC(=O)N(C)C)CC1. The summed E-state index contributed by atoms with van der Waals surface area (Å²) in [4.78, 5) is 62.1. The average molecular weight is 513 g/mol. The summed E-state index contributed by atoms with van der Waals surface area (Å²) >= 11 is 0. The van der Waals surface area contributed by atoms with Crippen LogP contribution in [0.25, 0.3) is 0 Å². The smallest absolute Gasteiger partial charge is 0.236 e. The molecule has 208 valence electrons. The van der Waals surface area contributed by atoms with E-state index in [0.29, 0.717) is 45.8 Å². The molecule has 1 heterocycles. The van der Waals surface area contributed by atoms with Gasteiger partial charge in [0.2, 0.25) is 23.6 Å². The van der Waals surface area contributed by atoms with E-state index in [9.17, 15) is 19.2 Å². The molecule has 12 nitrogen and oxygen atoms in total.